The van der Waals surface area contributed by atoms with Crippen LogP contribution in [0.5, 0.6) is 5.75 Å². The molecule has 10 nitrogen and oxygen atoms in total. The van der Waals surface area contributed by atoms with Gasteiger partial charge in [-0.05, 0) is 70.5 Å². The van der Waals surface area contributed by atoms with Crippen LogP contribution in [0.15, 0.2) is 30.5 Å². The Labute approximate surface area is 225 Å². The molecule has 4 amide bonds. The Morgan fingerprint density at radius 3 is 2.82 bits per heavy atom. The van der Waals surface area contributed by atoms with Gasteiger partial charge in [-0.25, -0.2) is 9.78 Å². The van der Waals surface area contributed by atoms with E-state index in [-0.39, 0.29) is 36.5 Å². The molecule has 2 aliphatic heterocycles. The molecule has 1 aromatic carbocycles. The molecule has 11 heteroatoms. The number of ether oxygens (including phenoxy) is 1. The fraction of sp³-hybridized carbons (Fsp3) is 0.407. The number of nitrogens with zero attached hydrogens (tertiary/aromatic N) is 3. The Morgan fingerprint density at radius 1 is 1.26 bits per heavy atom. The lowest BCUT2D eigenvalue weighted by Crippen LogP contribution is -2.51. The van der Waals surface area contributed by atoms with E-state index in [9.17, 15) is 14.4 Å². The molecule has 1 fully saturated rings. The van der Waals surface area contributed by atoms with Crippen LogP contribution in [0.3, 0.4) is 0 Å². The lowest BCUT2D eigenvalue weighted by atomic mass is 10.1. The van der Waals surface area contributed by atoms with Crippen LogP contribution < -0.4 is 25.6 Å². The molecule has 2 aromatic heterocycles. The molecule has 0 bridgehead atoms. The minimum absolute atomic E-state index is 0.0173. The van der Waals surface area contributed by atoms with Crippen LogP contribution in [0.2, 0.25) is 0 Å². The van der Waals surface area contributed by atoms with Crippen LogP contribution in [-0.4, -0.2) is 66.6 Å². The van der Waals surface area contributed by atoms with Gasteiger partial charge in [0.25, 0.3) is 5.91 Å². The maximum Gasteiger partial charge on any atom is 0.331 e. The molecular formula is C27H32N6O4S. The number of likely N-dealkylation sites (N-methyl/N-ethyl adjacent to an activating group) is 1. The number of pyridine rings is 1. The van der Waals surface area contributed by atoms with Crippen molar-refractivity contribution in [2.75, 3.05) is 36.9 Å². The van der Waals surface area contributed by atoms with Gasteiger partial charge >= 0.3 is 6.03 Å². The second-order valence-corrected chi connectivity index (χ2v) is 10.9. The van der Waals surface area contributed by atoms with E-state index in [1.54, 1.807) is 29.1 Å². The largest absolute Gasteiger partial charge is 0.491 e. The summed E-state index contributed by atoms with van der Waals surface area (Å²) in [5.41, 5.74) is 2.76. The summed E-state index contributed by atoms with van der Waals surface area (Å²) in [5, 5.41) is 9.65. The molecule has 0 spiro atoms. The minimum Gasteiger partial charge on any atom is -0.491 e. The van der Waals surface area contributed by atoms with Crippen molar-refractivity contribution in [1.29, 1.82) is 0 Å². The third-order valence-electron chi connectivity index (χ3n) is 6.67. The normalized spacial score (nSPS) is 17.1. The molecular weight excluding hydrogens is 504 g/mol. The summed E-state index contributed by atoms with van der Waals surface area (Å²) in [6.45, 7) is 7.29. The van der Waals surface area contributed by atoms with E-state index in [1.807, 2.05) is 39.0 Å². The molecule has 1 atom stereocenters. The van der Waals surface area contributed by atoms with Gasteiger partial charge in [0.15, 0.2) is 0 Å². The van der Waals surface area contributed by atoms with E-state index < -0.39 is 0 Å². The van der Waals surface area contributed by atoms with Crippen molar-refractivity contribution in [2.24, 2.45) is 0 Å². The second-order valence-electron chi connectivity index (χ2n) is 9.88. The molecule has 0 unspecified atom stereocenters. The van der Waals surface area contributed by atoms with Crippen molar-refractivity contribution in [2.45, 2.75) is 45.8 Å². The first-order valence-electron chi connectivity index (χ1n) is 12.8. The topological polar surface area (TPSA) is 116 Å². The number of piperidine rings is 1. The summed E-state index contributed by atoms with van der Waals surface area (Å²) in [5.74, 6) is 0.480. The molecule has 1 saturated heterocycles. The summed E-state index contributed by atoms with van der Waals surface area (Å²) in [7, 11) is 1.74. The zero-order valence-electron chi connectivity index (χ0n) is 22.0. The number of hydrogen-bond acceptors (Lipinski definition) is 7. The summed E-state index contributed by atoms with van der Waals surface area (Å²) < 4.78 is 5.81. The minimum atomic E-state index is -0.348. The molecule has 4 heterocycles. The van der Waals surface area contributed by atoms with Gasteiger partial charge in [-0.15, -0.1) is 11.3 Å². The van der Waals surface area contributed by atoms with Crippen molar-refractivity contribution in [3.05, 3.63) is 40.9 Å². The van der Waals surface area contributed by atoms with Crippen molar-refractivity contribution < 1.29 is 19.1 Å². The van der Waals surface area contributed by atoms with E-state index in [1.165, 1.54) is 11.3 Å². The number of carbonyl (C=O) groups is 3. The van der Waals surface area contributed by atoms with E-state index in [2.05, 4.69) is 20.9 Å². The standard InChI is InChI=1S/C27H32N6O4S/c1-15(2)37-18-7-8-19(16(3)12-18)33-20-9-10-29-26-22(20)23(31-27(33)36)24(38-26)25(35)30-17-6-5-11-32(14-17)21(34)13-28-4/h7-10,12,15,17,28H,5-6,11,13-14H2,1-4H3,(H,30,35)(H,31,36)/t17-/m1/s1. The number of urea groups is 1. The smallest absolute Gasteiger partial charge is 0.331 e. The summed E-state index contributed by atoms with van der Waals surface area (Å²) >= 11 is 1.25. The highest BCUT2D eigenvalue weighted by Gasteiger charge is 2.34. The molecule has 3 aromatic rings. The third-order valence-corrected chi connectivity index (χ3v) is 7.77. The number of nitrogens with one attached hydrogen (secondary N) is 3. The van der Waals surface area contributed by atoms with Gasteiger partial charge in [-0.1, -0.05) is 0 Å². The van der Waals surface area contributed by atoms with Gasteiger partial charge in [0.05, 0.1) is 35.1 Å². The predicted octanol–water partition coefficient (Wildman–Crippen LogP) is 4.02. The fourth-order valence-corrected chi connectivity index (χ4v) is 6.07. The number of amides is 4. The van der Waals surface area contributed by atoms with E-state index >= 15 is 0 Å². The zero-order valence-corrected chi connectivity index (χ0v) is 22.8. The Balaban J connectivity index is 1.43. The number of anilines is 3. The highest BCUT2D eigenvalue weighted by molar-refractivity contribution is 7.21. The molecule has 200 valence electrons. The number of hydrogen-bond donors (Lipinski definition) is 3. The number of rotatable bonds is 7. The molecule has 0 radical (unpaired) electrons. The summed E-state index contributed by atoms with van der Waals surface area (Å²) in [6.07, 6.45) is 3.30. The first kappa shape index (κ1) is 25.9. The van der Waals surface area contributed by atoms with Crippen molar-refractivity contribution >= 4 is 56.5 Å². The number of benzene rings is 1. The van der Waals surface area contributed by atoms with Crippen molar-refractivity contribution in [1.82, 2.24) is 20.5 Å². The maximum absolute atomic E-state index is 13.4. The van der Waals surface area contributed by atoms with Crippen LogP contribution in [0.1, 0.15) is 41.9 Å². The van der Waals surface area contributed by atoms with Gasteiger partial charge in [-0.3, -0.25) is 14.5 Å². The number of aryl methyl sites for hydroxylation is 1. The van der Waals surface area contributed by atoms with Crippen LogP contribution in [0.25, 0.3) is 10.2 Å². The van der Waals surface area contributed by atoms with E-state index in [0.29, 0.717) is 34.2 Å². The number of likely N-dealkylation sites (tertiary alicyclic amines) is 1. The van der Waals surface area contributed by atoms with Crippen LogP contribution in [-0.2, 0) is 4.79 Å². The number of carbonyl (C=O) groups excluding carboxylic acids is 3. The SMILES string of the molecule is CNCC(=O)N1CCC[C@@H](NC(=O)c2sc3nccc4c3c2NC(=O)N4c2ccc(OC(C)C)cc2C)C1. The van der Waals surface area contributed by atoms with Gasteiger partial charge in [0.2, 0.25) is 5.91 Å². The average molecular weight is 537 g/mol. The summed E-state index contributed by atoms with van der Waals surface area (Å²) in [4.78, 5) is 48.1. The predicted molar refractivity (Wildman–Crippen MR) is 149 cm³/mol. The lowest BCUT2D eigenvalue weighted by molar-refractivity contribution is -0.131. The Kier molecular flexibility index (Phi) is 7.22. The zero-order chi connectivity index (χ0) is 27.0. The monoisotopic (exact) mass is 536 g/mol. The van der Waals surface area contributed by atoms with E-state index in [0.717, 1.165) is 35.2 Å². The van der Waals surface area contributed by atoms with Gasteiger partial charge in [-0.2, -0.15) is 0 Å². The lowest BCUT2D eigenvalue weighted by Gasteiger charge is -2.33. The Hall–Kier alpha value is -3.70. The molecule has 38 heavy (non-hydrogen) atoms. The molecule has 0 aliphatic carbocycles. The maximum atomic E-state index is 13.4. The molecule has 5 rings (SSSR count). The quantitative estimate of drug-likeness (QED) is 0.420. The van der Waals surface area contributed by atoms with E-state index in [4.69, 9.17) is 4.74 Å². The van der Waals surface area contributed by atoms with Crippen molar-refractivity contribution in [3.63, 3.8) is 0 Å². The number of thiophene rings is 1. The van der Waals surface area contributed by atoms with Crippen LogP contribution >= 0.6 is 11.3 Å². The molecule has 3 N–H and O–H groups in total. The average Bonchev–Trinajstić information content (AvgIpc) is 3.24. The van der Waals surface area contributed by atoms with Crippen molar-refractivity contribution in [3.8, 4) is 5.75 Å². The Morgan fingerprint density at radius 2 is 2.08 bits per heavy atom. The Bertz CT molecular complexity index is 1400. The molecule has 2 aliphatic rings. The number of aromatic nitrogens is 1. The molecule has 0 saturated carbocycles. The second kappa shape index (κ2) is 10.6. The highest BCUT2D eigenvalue weighted by atomic mass is 32.1. The van der Waals surface area contributed by atoms with Crippen LogP contribution in [0, 0.1) is 6.92 Å². The highest BCUT2D eigenvalue weighted by Crippen LogP contribution is 2.46. The summed E-state index contributed by atoms with van der Waals surface area (Å²) in [6, 6.07) is 6.92. The van der Waals surface area contributed by atoms with Crippen LogP contribution in [0.4, 0.5) is 21.9 Å². The third kappa shape index (κ3) is 4.91. The van der Waals surface area contributed by atoms with Gasteiger partial charge < -0.3 is 25.6 Å². The first-order valence-corrected chi connectivity index (χ1v) is 13.6. The van der Waals surface area contributed by atoms with Gasteiger partial charge in [0.1, 0.15) is 15.5 Å². The first-order chi connectivity index (χ1) is 18.3. The van der Waals surface area contributed by atoms with Gasteiger partial charge in [0, 0.05) is 25.3 Å². The fourth-order valence-electron chi connectivity index (χ4n) is 5.04.